The second kappa shape index (κ2) is 24.5. The summed E-state index contributed by atoms with van der Waals surface area (Å²) in [5.74, 6) is -1.52. The van der Waals surface area contributed by atoms with E-state index in [9.17, 15) is 23.6 Å². The molecule has 0 bridgehead atoms. The fourth-order valence-corrected chi connectivity index (χ4v) is 6.68. The zero-order valence-electron chi connectivity index (χ0n) is 34.1. The van der Waals surface area contributed by atoms with E-state index in [1.54, 1.807) is 35.2 Å². The molecule has 14 heteroatoms. The van der Waals surface area contributed by atoms with Crippen LogP contribution in [0.3, 0.4) is 0 Å². The first kappa shape index (κ1) is 48.0. The van der Waals surface area contributed by atoms with Gasteiger partial charge in [0.2, 0.25) is 5.91 Å². The predicted octanol–water partition coefficient (Wildman–Crippen LogP) is 5.86. The molecule has 0 atom stereocenters. The van der Waals surface area contributed by atoms with Crippen molar-refractivity contribution in [2.24, 2.45) is 11.5 Å². The lowest BCUT2D eigenvalue weighted by atomic mass is 9.96. The van der Waals surface area contributed by atoms with E-state index >= 15 is 0 Å². The Hall–Kier alpha value is -5.41. The quantitative estimate of drug-likeness (QED) is 0.0806. The van der Waals surface area contributed by atoms with Crippen LogP contribution < -0.4 is 11.5 Å². The van der Waals surface area contributed by atoms with Crippen LogP contribution in [0, 0.1) is 11.2 Å². The van der Waals surface area contributed by atoms with Crippen molar-refractivity contribution in [3.63, 3.8) is 0 Å². The minimum absolute atomic E-state index is 0. The number of hydrogen-bond acceptors (Lipinski definition) is 9. The molecule has 1 aliphatic heterocycles. The van der Waals surface area contributed by atoms with Gasteiger partial charge in [-0.1, -0.05) is 93.1 Å². The van der Waals surface area contributed by atoms with Gasteiger partial charge in [-0.05, 0) is 53.1 Å². The number of piperazine rings is 1. The Balaban J connectivity index is 0.000000291. The fourth-order valence-electron chi connectivity index (χ4n) is 6.68. The molecule has 5 N–H and O–H groups in total. The largest absolute Gasteiger partial charge is 0.448 e. The summed E-state index contributed by atoms with van der Waals surface area (Å²) in [4.78, 5) is 52.8. The minimum Gasteiger partial charge on any atom is -0.448 e. The van der Waals surface area contributed by atoms with Crippen LogP contribution >= 0.6 is 13.5 Å². The van der Waals surface area contributed by atoms with E-state index in [1.807, 2.05) is 31.3 Å². The van der Waals surface area contributed by atoms with E-state index in [1.165, 1.54) is 34.6 Å². The third-order valence-corrected chi connectivity index (χ3v) is 9.61. The van der Waals surface area contributed by atoms with Crippen LogP contribution in [0.1, 0.15) is 69.2 Å². The Morgan fingerprint density at radius 2 is 1.44 bits per heavy atom. The van der Waals surface area contributed by atoms with Gasteiger partial charge >= 0.3 is 6.09 Å². The number of nitrogens with one attached hydrogen (secondary N) is 1. The van der Waals surface area contributed by atoms with Gasteiger partial charge in [-0.25, -0.2) is 9.18 Å². The van der Waals surface area contributed by atoms with E-state index in [0.717, 1.165) is 24.2 Å². The number of nitrogens with two attached hydrogens (primary N) is 2. The molecular formula is C45H57FN6O6S. The molecule has 1 saturated heterocycles. The molecule has 0 saturated carbocycles. The van der Waals surface area contributed by atoms with Gasteiger partial charge in [0.1, 0.15) is 18.7 Å². The van der Waals surface area contributed by atoms with Crippen LogP contribution in [0.5, 0.6) is 0 Å². The molecule has 0 aromatic heterocycles. The maximum atomic E-state index is 14.3. The van der Waals surface area contributed by atoms with Crippen molar-refractivity contribution in [3.05, 3.63) is 130 Å². The summed E-state index contributed by atoms with van der Waals surface area (Å²) in [7, 11) is 1.98. The summed E-state index contributed by atoms with van der Waals surface area (Å²) in [5.41, 5.74) is 16.9. The second-order valence-corrected chi connectivity index (χ2v) is 14.0. The van der Waals surface area contributed by atoms with Crippen molar-refractivity contribution in [1.29, 1.82) is 5.41 Å². The topological polar surface area (TPSA) is 172 Å². The molecule has 4 aromatic rings. The second-order valence-electron chi connectivity index (χ2n) is 14.0. The zero-order valence-corrected chi connectivity index (χ0v) is 35.1. The number of carbonyl (C=O) groups is 4. The summed E-state index contributed by atoms with van der Waals surface area (Å²) >= 11 is 0. The molecule has 1 fully saturated rings. The summed E-state index contributed by atoms with van der Waals surface area (Å²) < 4.78 is 25.2. The van der Waals surface area contributed by atoms with Crippen LogP contribution in [0.2, 0.25) is 0 Å². The standard InChI is InChI=1S/C21H23FN4O2.C21H24N2O4.C3H8.H2S/c1-25-8-10-26(11-9-25)21(28)17-12-14(6-7-18(17)22)13-19(23)15-4-2-3-5-16(15)20(24)27;22-9-13-26-14-11-23(10-12-24)21(25)27-15-20-18-7-3-1-5-16(18)17-6-2-4-8-19(17)20;1-3-2;/h2-7,12,23H,8-11,13H2,1H3,(H2,24,27);1-8,12,20H,9-11,13-15,22H2;3H2,1-2H3;1H2. The fraction of sp³-hybridized carbons (Fsp3) is 0.356. The van der Waals surface area contributed by atoms with Gasteiger partial charge in [0.15, 0.2) is 0 Å². The lowest BCUT2D eigenvalue weighted by molar-refractivity contribution is -0.108. The maximum absolute atomic E-state index is 14.3. The first-order chi connectivity index (χ1) is 28.0. The number of hydrogen-bond donors (Lipinski definition) is 3. The number of fused-ring (bicyclic) bond motifs is 3. The molecule has 4 aromatic carbocycles. The van der Waals surface area contributed by atoms with Gasteiger partial charge in [-0.3, -0.25) is 14.5 Å². The lowest BCUT2D eigenvalue weighted by Crippen LogP contribution is -2.47. The molecule has 1 heterocycles. The number of aldehydes is 1. The first-order valence-electron chi connectivity index (χ1n) is 19.6. The molecule has 1 aliphatic carbocycles. The van der Waals surface area contributed by atoms with Crippen molar-refractivity contribution in [2.75, 3.05) is 72.7 Å². The van der Waals surface area contributed by atoms with E-state index in [4.69, 9.17) is 26.4 Å². The number of amides is 3. The van der Waals surface area contributed by atoms with E-state index in [0.29, 0.717) is 50.3 Å². The summed E-state index contributed by atoms with van der Waals surface area (Å²) in [5, 5.41) is 8.35. The van der Waals surface area contributed by atoms with Gasteiger partial charge < -0.3 is 40.9 Å². The Labute approximate surface area is 353 Å². The molecule has 316 valence electrons. The summed E-state index contributed by atoms with van der Waals surface area (Å²) in [6.45, 7) is 8.50. The zero-order chi connectivity index (χ0) is 42.0. The predicted molar refractivity (Wildman–Crippen MR) is 234 cm³/mol. The van der Waals surface area contributed by atoms with Gasteiger partial charge in [-0.15, -0.1) is 0 Å². The monoisotopic (exact) mass is 828 g/mol. The molecule has 12 nitrogen and oxygen atoms in total. The third kappa shape index (κ3) is 13.3. The first-order valence-corrected chi connectivity index (χ1v) is 19.6. The molecule has 3 amide bonds. The number of rotatable bonds is 14. The smallest absolute Gasteiger partial charge is 0.410 e. The highest BCUT2D eigenvalue weighted by atomic mass is 32.1. The molecule has 6 rings (SSSR count). The minimum atomic E-state index is -0.606. The maximum Gasteiger partial charge on any atom is 0.410 e. The molecule has 0 spiro atoms. The average Bonchev–Trinajstić information content (AvgIpc) is 3.55. The van der Waals surface area contributed by atoms with Crippen molar-refractivity contribution in [1.82, 2.24) is 14.7 Å². The Morgan fingerprint density at radius 1 is 0.864 bits per heavy atom. The Kier molecular flexibility index (Phi) is 19.9. The summed E-state index contributed by atoms with van der Waals surface area (Å²) in [6, 6.07) is 27.3. The number of primary amides is 1. The van der Waals surface area contributed by atoms with Crippen molar-refractivity contribution in [3.8, 4) is 11.1 Å². The number of carbonyl (C=O) groups excluding carboxylic acids is 4. The highest BCUT2D eigenvalue weighted by molar-refractivity contribution is 7.59. The van der Waals surface area contributed by atoms with Crippen molar-refractivity contribution < 1.29 is 33.0 Å². The number of likely N-dealkylation sites (N-methyl/N-ethyl adjacent to an activating group) is 1. The van der Waals surface area contributed by atoms with Crippen LogP contribution in [-0.4, -0.2) is 117 Å². The van der Waals surface area contributed by atoms with Gasteiger partial charge in [0.05, 0.1) is 25.3 Å². The molecule has 0 radical (unpaired) electrons. The number of halogens is 1. The summed E-state index contributed by atoms with van der Waals surface area (Å²) in [6.07, 6.45) is 1.58. The lowest BCUT2D eigenvalue weighted by Gasteiger charge is -2.32. The molecular weight excluding hydrogens is 772 g/mol. The normalized spacial score (nSPS) is 12.9. The van der Waals surface area contributed by atoms with Crippen molar-refractivity contribution in [2.45, 2.75) is 32.6 Å². The van der Waals surface area contributed by atoms with E-state index in [-0.39, 0.29) is 68.3 Å². The van der Waals surface area contributed by atoms with Crippen LogP contribution in [0.15, 0.2) is 91.0 Å². The highest BCUT2D eigenvalue weighted by Gasteiger charge is 2.30. The van der Waals surface area contributed by atoms with Crippen LogP contribution in [0.4, 0.5) is 9.18 Å². The van der Waals surface area contributed by atoms with E-state index in [2.05, 4.69) is 43.0 Å². The van der Waals surface area contributed by atoms with Crippen molar-refractivity contribution >= 4 is 43.4 Å². The SMILES string of the molecule is CCC.CN1CCN(C(=O)c2cc(CC(=N)c3ccccc3C(N)=O)ccc2F)CC1.NCCOCCN(CC=O)C(=O)OCC1c2ccccc2-c2ccccc21.S. The van der Waals surface area contributed by atoms with Crippen LogP contribution in [0.25, 0.3) is 11.1 Å². The number of benzene rings is 4. The molecule has 59 heavy (non-hydrogen) atoms. The van der Waals surface area contributed by atoms with Gasteiger partial charge in [-0.2, -0.15) is 13.5 Å². The van der Waals surface area contributed by atoms with Gasteiger partial charge in [0.25, 0.3) is 5.91 Å². The number of nitrogens with zero attached hydrogens (tertiary/aromatic N) is 3. The van der Waals surface area contributed by atoms with Gasteiger partial charge in [0, 0.05) is 68.4 Å². The van der Waals surface area contributed by atoms with Crippen LogP contribution in [-0.2, 0) is 20.7 Å². The molecule has 0 unspecified atom stereocenters. The average molecular weight is 829 g/mol. The Bertz CT molecular complexity index is 1980. The Morgan fingerprint density at radius 3 is 2.02 bits per heavy atom. The third-order valence-electron chi connectivity index (χ3n) is 9.61. The molecule has 2 aliphatic rings. The number of ether oxygens (including phenoxy) is 2. The highest BCUT2D eigenvalue weighted by Crippen LogP contribution is 2.44. The van der Waals surface area contributed by atoms with E-state index < -0.39 is 17.8 Å².